The van der Waals surface area contributed by atoms with Crippen molar-refractivity contribution in [2.75, 3.05) is 0 Å². The molecular formula is C12H11N3O2. The Morgan fingerprint density at radius 2 is 1.94 bits per heavy atom. The van der Waals surface area contributed by atoms with Crippen LogP contribution in [0.3, 0.4) is 0 Å². The monoisotopic (exact) mass is 229 g/mol. The van der Waals surface area contributed by atoms with E-state index in [0.29, 0.717) is 17.8 Å². The molecule has 1 aromatic heterocycles. The number of nitrogens with zero attached hydrogens (tertiary/aromatic N) is 3. The fraction of sp³-hybridized carbons (Fsp3) is 0.167. The van der Waals surface area contributed by atoms with Crippen LogP contribution < -0.4 is 0 Å². The topological polar surface area (TPSA) is 68.9 Å². The minimum Gasteiger partial charge on any atom is -0.258 e. The number of rotatable bonds is 3. The fourth-order valence-electron chi connectivity index (χ4n) is 1.67. The van der Waals surface area contributed by atoms with Gasteiger partial charge in [0.2, 0.25) is 0 Å². The van der Waals surface area contributed by atoms with Gasteiger partial charge in [0, 0.05) is 6.42 Å². The molecule has 0 amide bonds. The molecule has 0 N–H and O–H groups in total. The molecule has 2 rings (SSSR count). The van der Waals surface area contributed by atoms with E-state index in [0.717, 1.165) is 5.56 Å². The Labute approximate surface area is 98.3 Å². The van der Waals surface area contributed by atoms with Crippen LogP contribution in [0.5, 0.6) is 0 Å². The van der Waals surface area contributed by atoms with Crippen molar-refractivity contribution in [3.63, 3.8) is 0 Å². The van der Waals surface area contributed by atoms with Crippen molar-refractivity contribution in [2.24, 2.45) is 0 Å². The Morgan fingerprint density at radius 3 is 2.59 bits per heavy atom. The number of nitro groups is 1. The van der Waals surface area contributed by atoms with E-state index >= 15 is 0 Å². The molecule has 0 atom stereocenters. The maximum absolute atomic E-state index is 11.0. The third-order valence-electron chi connectivity index (χ3n) is 2.48. The molecule has 0 fully saturated rings. The van der Waals surface area contributed by atoms with E-state index in [1.807, 2.05) is 30.3 Å². The summed E-state index contributed by atoms with van der Waals surface area (Å²) >= 11 is 0. The van der Waals surface area contributed by atoms with Gasteiger partial charge in [0.05, 0.1) is 4.92 Å². The zero-order valence-electron chi connectivity index (χ0n) is 9.33. The Balaban J connectivity index is 2.40. The summed E-state index contributed by atoms with van der Waals surface area (Å²) in [4.78, 5) is 18.4. The molecule has 0 aliphatic heterocycles. The van der Waals surface area contributed by atoms with E-state index in [-0.39, 0.29) is 5.69 Å². The molecule has 1 aromatic carbocycles. The SMILES string of the molecule is Cc1ncnc(Cc2ccccc2)c1[N+](=O)[O-]. The van der Waals surface area contributed by atoms with E-state index < -0.39 is 4.92 Å². The maximum Gasteiger partial charge on any atom is 0.312 e. The zero-order valence-corrected chi connectivity index (χ0v) is 9.33. The number of aromatic nitrogens is 2. The molecule has 0 spiro atoms. The van der Waals surface area contributed by atoms with Crippen LogP contribution in [0.4, 0.5) is 5.69 Å². The largest absolute Gasteiger partial charge is 0.312 e. The lowest BCUT2D eigenvalue weighted by Crippen LogP contribution is -2.03. The maximum atomic E-state index is 11.0. The van der Waals surface area contributed by atoms with Gasteiger partial charge >= 0.3 is 5.69 Å². The molecule has 0 aliphatic rings. The van der Waals surface area contributed by atoms with E-state index in [2.05, 4.69) is 9.97 Å². The minimum atomic E-state index is -0.423. The van der Waals surface area contributed by atoms with Crippen molar-refractivity contribution < 1.29 is 4.92 Å². The molecule has 5 heteroatoms. The van der Waals surface area contributed by atoms with Gasteiger partial charge in [-0.15, -0.1) is 0 Å². The van der Waals surface area contributed by atoms with Crippen molar-refractivity contribution in [1.82, 2.24) is 9.97 Å². The third kappa shape index (κ3) is 2.44. The van der Waals surface area contributed by atoms with Gasteiger partial charge in [-0.2, -0.15) is 0 Å². The van der Waals surface area contributed by atoms with Gasteiger partial charge < -0.3 is 0 Å². The molecule has 0 saturated heterocycles. The molecule has 2 aromatic rings. The highest BCUT2D eigenvalue weighted by molar-refractivity contribution is 5.41. The second-order valence-corrected chi connectivity index (χ2v) is 3.67. The van der Waals surface area contributed by atoms with E-state index in [1.54, 1.807) is 6.92 Å². The summed E-state index contributed by atoms with van der Waals surface area (Å²) in [5.74, 6) is 0. The van der Waals surface area contributed by atoms with Crippen molar-refractivity contribution in [2.45, 2.75) is 13.3 Å². The highest BCUT2D eigenvalue weighted by atomic mass is 16.6. The molecule has 0 unspecified atom stereocenters. The van der Waals surface area contributed by atoms with Crippen molar-refractivity contribution >= 4 is 5.69 Å². The first kappa shape index (κ1) is 11.2. The van der Waals surface area contributed by atoms with Crippen LogP contribution in [0.15, 0.2) is 36.7 Å². The molecule has 0 aliphatic carbocycles. The van der Waals surface area contributed by atoms with Crippen LogP contribution in [0.2, 0.25) is 0 Å². The summed E-state index contributed by atoms with van der Waals surface area (Å²) in [5, 5.41) is 11.0. The molecule has 0 bridgehead atoms. The molecule has 17 heavy (non-hydrogen) atoms. The number of aryl methyl sites for hydroxylation is 1. The van der Waals surface area contributed by atoms with Gasteiger partial charge in [-0.05, 0) is 12.5 Å². The van der Waals surface area contributed by atoms with Crippen LogP contribution >= 0.6 is 0 Å². The fourth-order valence-corrected chi connectivity index (χ4v) is 1.67. The predicted molar refractivity (Wildman–Crippen MR) is 62.7 cm³/mol. The molecule has 5 nitrogen and oxygen atoms in total. The van der Waals surface area contributed by atoms with Gasteiger partial charge in [-0.3, -0.25) is 10.1 Å². The standard InChI is InChI=1S/C12H11N3O2/c1-9-12(15(16)17)11(14-8-13-9)7-10-5-3-2-4-6-10/h2-6,8H,7H2,1H3. The highest BCUT2D eigenvalue weighted by Crippen LogP contribution is 2.21. The van der Waals surface area contributed by atoms with E-state index in [1.165, 1.54) is 6.33 Å². The van der Waals surface area contributed by atoms with Crippen LogP contribution in [0, 0.1) is 17.0 Å². The van der Waals surface area contributed by atoms with E-state index in [4.69, 9.17) is 0 Å². The van der Waals surface area contributed by atoms with Gasteiger partial charge in [0.25, 0.3) is 0 Å². The Hall–Kier alpha value is -2.30. The van der Waals surface area contributed by atoms with Crippen molar-refractivity contribution in [3.05, 3.63) is 63.7 Å². The quantitative estimate of drug-likeness (QED) is 0.598. The molecule has 0 saturated carbocycles. The van der Waals surface area contributed by atoms with Gasteiger partial charge in [-0.1, -0.05) is 30.3 Å². The second-order valence-electron chi connectivity index (χ2n) is 3.67. The van der Waals surface area contributed by atoms with Crippen molar-refractivity contribution in [3.8, 4) is 0 Å². The smallest absolute Gasteiger partial charge is 0.258 e. The van der Waals surface area contributed by atoms with Gasteiger partial charge in [0.1, 0.15) is 17.7 Å². The summed E-state index contributed by atoms with van der Waals surface area (Å²) in [6, 6.07) is 9.54. The van der Waals surface area contributed by atoms with Crippen LogP contribution in [0.25, 0.3) is 0 Å². The summed E-state index contributed by atoms with van der Waals surface area (Å²) in [7, 11) is 0. The number of benzene rings is 1. The first-order valence-electron chi connectivity index (χ1n) is 5.17. The summed E-state index contributed by atoms with van der Waals surface area (Å²) in [5.41, 5.74) is 1.86. The zero-order chi connectivity index (χ0) is 12.3. The van der Waals surface area contributed by atoms with Crippen molar-refractivity contribution in [1.29, 1.82) is 0 Å². The lowest BCUT2D eigenvalue weighted by Gasteiger charge is -2.03. The summed E-state index contributed by atoms with van der Waals surface area (Å²) in [6.45, 7) is 1.62. The minimum absolute atomic E-state index is 0.0105. The Bertz CT molecular complexity index is 541. The van der Waals surface area contributed by atoms with Gasteiger partial charge in [-0.25, -0.2) is 9.97 Å². The molecular weight excluding hydrogens is 218 g/mol. The average molecular weight is 229 g/mol. The Morgan fingerprint density at radius 1 is 1.24 bits per heavy atom. The van der Waals surface area contributed by atoms with E-state index in [9.17, 15) is 10.1 Å². The highest BCUT2D eigenvalue weighted by Gasteiger charge is 2.19. The first-order chi connectivity index (χ1) is 8.18. The molecule has 86 valence electrons. The third-order valence-corrected chi connectivity index (χ3v) is 2.48. The normalized spacial score (nSPS) is 10.2. The average Bonchev–Trinajstić information content (AvgIpc) is 2.30. The number of hydrogen-bond acceptors (Lipinski definition) is 4. The summed E-state index contributed by atoms with van der Waals surface area (Å²) in [6.07, 6.45) is 1.81. The first-order valence-corrected chi connectivity index (χ1v) is 5.17. The van der Waals surface area contributed by atoms with Crippen LogP contribution in [-0.2, 0) is 6.42 Å². The lowest BCUT2D eigenvalue weighted by atomic mass is 10.1. The lowest BCUT2D eigenvalue weighted by molar-refractivity contribution is -0.386. The molecule has 0 radical (unpaired) electrons. The Kier molecular flexibility index (Phi) is 3.09. The second kappa shape index (κ2) is 4.69. The number of hydrogen-bond donors (Lipinski definition) is 0. The van der Waals surface area contributed by atoms with Crippen LogP contribution in [-0.4, -0.2) is 14.9 Å². The summed E-state index contributed by atoms with van der Waals surface area (Å²) < 4.78 is 0. The van der Waals surface area contributed by atoms with Gasteiger partial charge in [0.15, 0.2) is 0 Å². The predicted octanol–water partition coefficient (Wildman–Crippen LogP) is 2.28. The van der Waals surface area contributed by atoms with Crippen LogP contribution in [0.1, 0.15) is 17.0 Å². The molecule has 1 heterocycles.